The van der Waals surface area contributed by atoms with Gasteiger partial charge in [0, 0.05) is 20.0 Å². The van der Waals surface area contributed by atoms with Crippen LogP contribution in [0.3, 0.4) is 0 Å². The fourth-order valence-corrected chi connectivity index (χ4v) is 3.75. The molecule has 1 aromatic rings. The zero-order valence-corrected chi connectivity index (χ0v) is 13.0. The van der Waals surface area contributed by atoms with Gasteiger partial charge >= 0.3 is 5.97 Å². The van der Waals surface area contributed by atoms with Gasteiger partial charge in [0.2, 0.25) is 5.91 Å². The zero-order valence-electron chi connectivity index (χ0n) is 13.0. The van der Waals surface area contributed by atoms with Gasteiger partial charge in [-0.15, -0.1) is 0 Å². The molecular formula is C18H23NO3. The van der Waals surface area contributed by atoms with Crippen LogP contribution in [0, 0.1) is 17.8 Å². The number of carbonyl (C=O) groups is 2. The molecule has 1 aliphatic heterocycles. The predicted molar refractivity (Wildman–Crippen MR) is 82.8 cm³/mol. The van der Waals surface area contributed by atoms with E-state index in [0.717, 1.165) is 37.9 Å². The molecule has 22 heavy (non-hydrogen) atoms. The number of likely N-dealkylation sites (tertiary alicyclic amines) is 1. The average Bonchev–Trinajstić information content (AvgIpc) is 2.97. The van der Waals surface area contributed by atoms with E-state index in [9.17, 15) is 9.59 Å². The highest BCUT2D eigenvalue weighted by atomic mass is 16.5. The molecule has 2 fully saturated rings. The van der Waals surface area contributed by atoms with E-state index in [1.54, 1.807) is 6.92 Å². The standard InChI is InChI=1S/C18H23NO3/c1-13(20)19-10-16-8-7-15(9-17(16)11-19)18(21)22-12-14-5-3-2-4-6-14/h2-6,15-17H,7-12H2,1H3. The van der Waals surface area contributed by atoms with Crippen LogP contribution in [-0.2, 0) is 20.9 Å². The molecule has 4 heteroatoms. The molecule has 0 aromatic heterocycles. The largest absolute Gasteiger partial charge is 0.461 e. The average molecular weight is 301 g/mol. The van der Waals surface area contributed by atoms with Crippen molar-refractivity contribution in [3.63, 3.8) is 0 Å². The first kappa shape index (κ1) is 15.1. The molecule has 0 bridgehead atoms. The van der Waals surface area contributed by atoms with Gasteiger partial charge in [-0.2, -0.15) is 0 Å². The summed E-state index contributed by atoms with van der Waals surface area (Å²) in [7, 11) is 0. The zero-order chi connectivity index (χ0) is 15.5. The second kappa shape index (κ2) is 6.51. The summed E-state index contributed by atoms with van der Waals surface area (Å²) in [4.78, 5) is 25.7. The quantitative estimate of drug-likeness (QED) is 0.806. The van der Waals surface area contributed by atoms with Crippen molar-refractivity contribution in [3.8, 4) is 0 Å². The molecule has 3 rings (SSSR count). The summed E-state index contributed by atoms with van der Waals surface area (Å²) in [6, 6.07) is 9.78. The molecule has 2 aliphatic rings. The molecule has 3 atom stereocenters. The Morgan fingerprint density at radius 3 is 2.59 bits per heavy atom. The minimum absolute atomic E-state index is 0.00290. The highest BCUT2D eigenvalue weighted by Crippen LogP contribution is 2.39. The highest BCUT2D eigenvalue weighted by Gasteiger charge is 2.40. The maximum Gasteiger partial charge on any atom is 0.309 e. The fourth-order valence-electron chi connectivity index (χ4n) is 3.75. The molecule has 4 nitrogen and oxygen atoms in total. The van der Waals surface area contributed by atoms with Crippen LogP contribution in [0.2, 0.25) is 0 Å². The van der Waals surface area contributed by atoms with Crippen molar-refractivity contribution < 1.29 is 14.3 Å². The summed E-state index contributed by atoms with van der Waals surface area (Å²) >= 11 is 0. The number of nitrogens with zero attached hydrogens (tertiary/aromatic N) is 1. The number of ether oxygens (including phenoxy) is 1. The highest BCUT2D eigenvalue weighted by molar-refractivity contribution is 5.74. The van der Waals surface area contributed by atoms with Crippen molar-refractivity contribution in [2.75, 3.05) is 13.1 Å². The Balaban J connectivity index is 1.51. The number of rotatable bonds is 3. The van der Waals surface area contributed by atoms with E-state index < -0.39 is 0 Å². The van der Waals surface area contributed by atoms with E-state index in [4.69, 9.17) is 4.74 Å². The van der Waals surface area contributed by atoms with Gasteiger partial charge in [0.05, 0.1) is 5.92 Å². The van der Waals surface area contributed by atoms with Gasteiger partial charge in [-0.3, -0.25) is 9.59 Å². The number of hydrogen-bond acceptors (Lipinski definition) is 3. The first-order valence-electron chi connectivity index (χ1n) is 8.09. The van der Waals surface area contributed by atoms with Crippen LogP contribution < -0.4 is 0 Å². The molecule has 1 saturated carbocycles. The van der Waals surface area contributed by atoms with Crippen LogP contribution in [0.4, 0.5) is 0 Å². The molecule has 0 radical (unpaired) electrons. The summed E-state index contributed by atoms with van der Waals surface area (Å²) in [6.45, 7) is 3.65. The third-order valence-corrected chi connectivity index (χ3v) is 5.05. The van der Waals surface area contributed by atoms with Crippen LogP contribution in [-0.4, -0.2) is 29.9 Å². The Hall–Kier alpha value is -1.84. The third-order valence-electron chi connectivity index (χ3n) is 5.05. The number of hydrogen-bond donors (Lipinski definition) is 0. The van der Waals surface area contributed by atoms with E-state index in [1.807, 2.05) is 35.2 Å². The lowest BCUT2D eigenvalue weighted by molar-refractivity contribution is -0.151. The molecule has 0 spiro atoms. The molecule has 1 aliphatic carbocycles. The molecule has 3 unspecified atom stereocenters. The molecule has 118 valence electrons. The third kappa shape index (κ3) is 3.32. The number of amides is 1. The Bertz CT molecular complexity index is 543. The summed E-state index contributed by atoms with van der Waals surface area (Å²) in [6.07, 6.45) is 2.78. The Morgan fingerprint density at radius 1 is 1.14 bits per heavy atom. The first-order valence-corrected chi connectivity index (χ1v) is 8.09. The molecule has 1 aromatic carbocycles. The van der Waals surface area contributed by atoms with Gasteiger partial charge in [-0.25, -0.2) is 0 Å². The lowest BCUT2D eigenvalue weighted by Crippen LogP contribution is -2.29. The first-order chi connectivity index (χ1) is 10.6. The normalized spacial score (nSPS) is 27.3. The van der Waals surface area contributed by atoms with E-state index in [1.165, 1.54) is 0 Å². The molecule has 1 heterocycles. The Kier molecular flexibility index (Phi) is 4.46. The van der Waals surface area contributed by atoms with Crippen LogP contribution in [0.15, 0.2) is 30.3 Å². The molecular weight excluding hydrogens is 278 g/mol. The van der Waals surface area contributed by atoms with Gasteiger partial charge in [-0.1, -0.05) is 30.3 Å². The van der Waals surface area contributed by atoms with Crippen LogP contribution >= 0.6 is 0 Å². The summed E-state index contributed by atoms with van der Waals surface area (Å²) < 4.78 is 5.47. The van der Waals surface area contributed by atoms with Crippen molar-refractivity contribution in [3.05, 3.63) is 35.9 Å². The van der Waals surface area contributed by atoms with Crippen LogP contribution in [0.1, 0.15) is 31.7 Å². The van der Waals surface area contributed by atoms with Crippen molar-refractivity contribution in [2.45, 2.75) is 32.8 Å². The summed E-state index contributed by atoms with van der Waals surface area (Å²) in [5, 5.41) is 0. The number of benzene rings is 1. The van der Waals surface area contributed by atoms with Gasteiger partial charge < -0.3 is 9.64 Å². The van der Waals surface area contributed by atoms with Crippen molar-refractivity contribution in [1.29, 1.82) is 0 Å². The summed E-state index contributed by atoms with van der Waals surface area (Å²) in [5.74, 6) is 1.10. The number of esters is 1. The minimum atomic E-state index is -0.0800. The maximum absolute atomic E-state index is 12.3. The van der Waals surface area contributed by atoms with Crippen LogP contribution in [0.25, 0.3) is 0 Å². The second-order valence-electron chi connectivity index (χ2n) is 6.55. The van der Waals surface area contributed by atoms with E-state index in [0.29, 0.717) is 18.4 Å². The molecule has 1 saturated heterocycles. The molecule has 1 amide bonds. The fraction of sp³-hybridized carbons (Fsp3) is 0.556. The van der Waals surface area contributed by atoms with E-state index >= 15 is 0 Å². The van der Waals surface area contributed by atoms with Gasteiger partial charge in [-0.05, 0) is 36.7 Å². The minimum Gasteiger partial charge on any atom is -0.461 e. The van der Waals surface area contributed by atoms with Crippen molar-refractivity contribution in [2.24, 2.45) is 17.8 Å². The van der Waals surface area contributed by atoms with E-state index in [-0.39, 0.29) is 17.8 Å². The monoisotopic (exact) mass is 301 g/mol. The Morgan fingerprint density at radius 2 is 1.86 bits per heavy atom. The molecule has 0 N–H and O–H groups in total. The maximum atomic E-state index is 12.3. The lowest BCUT2D eigenvalue weighted by atomic mass is 9.76. The van der Waals surface area contributed by atoms with Gasteiger partial charge in [0.25, 0.3) is 0 Å². The van der Waals surface area contributed by atoms with Crippen molar-refractivity contribution >= 4 is 11.9 Å². The van der Waals surface area contributed by atoms with Gasteiger partial charge in [0.1, 0.15) is 6.61 Å². The topological polar surface area (TPSA) is 46.6 Å². The smallest absolute Gasteiger partial charge is 0.309 e. The Labute approximate surface area is 131 Å². The number of carbonyl (C=O) groups excluding carboxylic acids is 2. The lowest BCUT2D eigenvalue weighted by Gasteiger charge is -2.29. The van der Waals surface area contributed by atoms with Crippen LogP contribution in [0.5, 0.6) is 0 Å². The second-order valence-corrected chi connectivity index (χ2v) is 6.55. The van der Waals surface area contributed by atoms with Gasteiger partial charge in [0.15, 0.2) is 0 Å². The van der Waals surface area contributed by atoms with Crippen molar-refractivity contribution in [1.82, 2.24) is 4.90 Å². The van der Waals surface area contributed by atoms with E-state index in [2.05, 4.69) is 0 Å². The predicted octanol–water partition coefficient (Wildman–Crippen LogP) is 2.62. The SMILES string of the molecule is CC(=O)N1CC2CCC(C(=O)OCc3ccccc3)CC2C1. The number of fused-ring (bicyclic) bond motifs is 1. The summed E-state index contributed by atoms with van der Waals surface area (Å²) in [5.41, 5.74) is 1.02.